The van der Waals surface area contributed by atoms with Crippen LogP contribution in [-0.2, 0) is 30.9 Å². The summed E-state index contributed by atoms with van der Waals surface area (Å²) in [4.78, 5) is 22.4. The molecule has 0 saturated carbocycles. The third-order valence-corrected chi connectivity index (χ3v) is 4.91. The van der Waals surface area contributed by atoms with Gasteiger partial charge in [0.15, 0.2) is 0 Å². The maximum absolute atomic E-state index is 11.9. The molecule has 0 radical (unpaired) electrons. The molecule has 1 aromatic carbocycles. The van der Waals surface area contributed by atoms with Gasteiger partial charge in [0.25, 0.3) is 0 Å². The van der Waals surface area contributed by atoms with Gasteiger partial charge in [0.05, 0.1) is 0 Å². The standard InChI is InChI=1S/C12H14NO5.Hg/c1-8(14)6-13-12(17)9-4-2-3-5-10(9)18-7-11(15)16;/h2-5,8,14H,1,6-7H2,(H,13,17)(H,15,16);. The SMILES string of the molecule is O=C(O)COc1ccccc1C(=O)NCC(O)[CH2][Hg]. The first-order chi connectivity index (χ1) is 9.04. The summed E-state index contributed by atoms with van der Waals surface area (Å²) in [5.41, 5.74) is 0.259. The summed E-state index contributed by atoms with van der Waals surface area (Å²) in [5, 5.41) is 20.6. The molecule has 0 saturated heterocycles. The molecule has 0 aliphatic heterocycles. The third-order valence-electron chi connectivity index (χ3n) is 2.31. The van der Waals surface area contributed by atoms with Crippen molar-refractivity contribution in [1.29, 1.82) is 0 Å². The predicted octanol–water partition coefficient (Wildman–Crippen LogP) is 0.206. The summed E-state index contributed by atoms with van der Waals surface area (Å²) in [6.45, 7) is -0.314. The van der Waals surface area contributed by atoms with Crippen LogP contribution in [0, 0.1) is 0 Å². The fourth-order valence-electron chi connectivity index (χ4n) is 1.33. The van der Waals surface area contributed by atoms with E-state index in [9.17, 15) is 14.7 Å². The van der Waals surface area contributed by atoms with Gasteiger partial charge < -0.3 is 0 Å². The van der Waals surface area contributed by atoms with E-state index in [1.165, 1.54) is 6.07 Å². The Hall–Kier alpha value is -1.14. The quantitative estimate of drug-likeness (QED) is 0.514. The summed E-state index contributed by atoms with van der Waals surface area (Å²) in [6.07, 6.45) is -0.514. The molecule has 1 amide bonds. The molecule has 0 fully saturated rings. The second kappa shape index (κ2) is 8.11. The first-order valence-electron chi connectivity index (χ1n) is 5.73. The van der Waals surface area contributed by atoms with Crippen LogP contribution in [0.4, 0.5) is 0 Å². The molecule has 1 atom stereocenters. The Kier molecular flexibility index (Phi) is 6.79. The number of amides is 1. The van der Waals surface area contributed by atoms with Crippen molar-refractivity contribution in [2.45, 2.75) is 10.0 Å². The Balaban J connectivity index is 2.70. The molecule has 0 aliphatic carbocycles. The summed E-state index contributed by atoms with van der Waals surface area (Å²) in [5.74, 6) is -1.28. The van der Waals surface area contributed by atoms with Gasteiger partial charge in [-0.2, -0.15) is 0 Å². The van der Waals surface area contributed by atoms with Crippen molar-refractivity contribution in [3.8, 4) is 5.75 Å². The van der Waals surface area contributed by atoms with E-state index in [0.717, 1.165) is 3.93 Å². The van der Waals surface area contributed by atoms with Crippen LogP contribution in [0.2, 0.25) is 3.93 Å². The Morgan fingerprint density at radius 3 is 2.68 bits per heavy atom. The zero-order valence-electron chi connectivity index (χ0n) is 10.3. The van der Waals surface area contributed by atoms with Crippen molar-refractivity contribution in [3.05, 3.63) is 29.8 Å². The van der Waals surface area contributed by atoms with Crippen LogP contribution in [0.5, 0.6) is 5.75 Å². The topological polar surface area (TPSA) is 95.9 Å². The molecule has 0 heterocycles. The fraction of sp³-hybridized carbons (Fsp3) is 0.333. The van der Waals surface area contributed by atoms with Crippen LogP contribution >= 0.6 is 0 Å². The molecule has 99 valence electrons. The number of aliphatic hydroxyl groups is 1. The molecular weight excluding hydrogens is 439 g/mol. The van der Waals surface area contributed by atoms with Gasteiger partial charge in [-0.1, -0.05) is 0 Å². The minimum absolute atomic E-state index is 0.190. The Bertz CT molecular complexity index is 452. The number of ether oxygens (including phenoxy) is 1. The Labute approximate surface area is 126 Å². The van der Waals surface area contributed by atoms with E-state index in [2.05, 4.69) is 5.32 Å². The van der Waals surface area contributed by atoms with Gasteiger partial charge in [-0.25, -0.2) is 0 Å². The third kappa shape index (κ3) is 5.56. The van der Waals surface area contributed by atoms with E-state index in [4.69, 9.17) is 9.84 Å². The first kappa shape index (κ1) is 15.9. The molecule has 1 rings (SSSR count). The zero-order valence-corrected chi connectivity index (χ0v) is 15.8. The van der Waals surface area contributed by atoms with E-state index in [1.54, 1.807) is 18.2 Å². The van der Waals surface area contributed by atoms with Gasteiger partial charge in [0.2, 0.25) is 0 Å². The molecule has 0 spiro atoms. The average Bonchev–Trinajstić information content (AvgIpc) is 2.42. The molecule has 3 N–H and O–H groups in total. The van der Waals surface area contributed by atoms with Crippen LogP contribution in [0.3, 0.4) is 0 Å². The average molecular weight is 453 g/mol. The van der Waals surface area contributed by atoms with Crippen molar-refractivity contribution >= 4 is 11.9 Å². The molecule has 7 heteroatoms. The summed E-state index contributed by atoms with van der Waals surface area (Å²) in [6, 6.07) is 6.39. The number of rotatable bonds is 7. The summed E-state index contributed by atoms with van der Waals surface area (Å²) in [7, 11) is 0. The number of hydrogen-bond acceptors (Lipinski definition) is 4. The fourth-order valence-corrected chi connectivity index (χ4v) is 2.12. The van der Waals surface area contributed by atoms with Crippen LogP contribution in [-0.4, -0.2) is 41.3 Å². The Morgan fingerprint density at radius 2 is 2.05 bits per heavy atom. The van der Waals surface area contributed by atoms with Crippen molar-refractivity contribution in [1.82, 2.24) is 5.32 Å². The monoisotopic (exact) mass is 454 g/mol. The number of carboxylic acid groups (broad SMARTS) is 1. The zero-order chi connectivity index (χ0) is 14.3. The number of nitrogens with one attached hydrogen (secondary N) is 1. The number of carboxylic acids is 1. The van der Waals surface area contributed by atoms with E-state index < -0.39 is 18.7 Å². The molecule has 1 aromatic rings. The van der Waals surface area contributed by atoms with E-state index >= 15 is 0 Å². The van der Waals surface area contributed by atoms with Gasteiger partial charge in [0.1, 0.15) is 0 Å². The first-order valence-corrected chi connectivity index (χ1v) is 9.62. The number of aliphatic carboxylic acids is 1. The maximum atomic E-state index is 11.9. The normalized spacial score (nSPS) is 11.7. The van der Waals surface area contributed by atoms with Crippen molar-refractivity contribution in [2.24, 2.45) is 0 Å². The molecule has 0 aliphatic rings. The summed E-state index contributed by atoms with van der Waals surface area (Å²) >= 11 is 0.480. The number of para-hydroxylation sites is 1. The molecule has 0 bridgehead atoms. The van der Waals surface area contributed by atoms with Gasteiger partial charge >= 0.3 is 127 Å². The van der Waals surface area contributed by atoms with Gasteiger partial charge in [0, 0.05) is 0 Å². The molecular formula is C12H14HgNO5. The van der Waals surface area contributed by atoms with Crippen LogP contribution < -0.4 is 10.1 Å². The number of aliphatic hydroxyl groups excluding tert-OH is 1. The van der Waals surface area contributed by atoms with Crippen LogP contribution in [0.1, 0.15) is 10.4 Å². The number of carbonyl (C=O) groups excluding carboxylic acids is 1. The van der Waals surface area contributed by atoms with Crippen molar-refractivity contribution < 1.29 is 50.7 Å². The number of benzene rings is 1. The second-order valence-electron chi connectivity index (χ2n) is 3.83. The number of carbonyl (C=O) groups is 2. The molecule has 6 nitrogen and oxygen atoms in total. The van der Waals surface area contributed by atoms with Crippen LogP contribution in [0.15, 0.2) is 24.3 Å². The second-order valence-corrected chi connectivity index (χ2v) is 6.08. The van der Waals surface area contributed by atoms with E-state index in [-0.39, 0.29) is 23.8 Å². The van der Waals surface area contributed by atoms with Gasteiger partial charge in [-0.05, 0) is 0 Å². The number of hydrogen-bond donors (Lipinski definition) is 3. The van der Waals surface area contributed by atoms with Crippen molar-refractivity contribution in [2.75, 3.05) is 13.2 Å². The molecule has 19 heavy (non-hydrogen) atoms. The molecule has 0 aromatic heterocycles. The van der Waals surface area contributed by atoms with Crippen LogP contribution in [0.25, 0.3) is 0 Å². The Morgan fingerprint density at radius 1 is 1.37 bits per heavy atom. The predicted molar refractivity (Wildman–Crippen MR) is 62.7 cm³/mol. The summed E-state index contributed by atoms with van der Waals surface area (Å²) < 4.78 is 5.77. The van der Waals surface area contributed by atoms with Gasteiger partial charge in [-0.15, -0.1) is 0 Å². The van der Waals surface area contributed by atoms with Crippen molar-refractivity contribution in [3.63, 3.8) is 0 Å². The van der Waals surface area contributed by atoms with Gasteiger partial charge in [-0.3, -0.25) is 0 Å². The van der Waals surface area contributed by atoms with E-state index in [1.807, 2.05) is 0 Å². The van der Waals surface area contributed by atoms with E-state index in [0.29, 0.717) is 26.1 Å². The minimum atomic E-state index is -1.11. The molecule has 1 unspecified atom stereocenters.